The Labute approximate surface area is 174 Å². The van der Waals surface area contributed by atoms with Crippen LogP contribution in [0.3, 0.4) is 0 Å². The van der Waals surface area contributed by atoms with Gasteiger partial charge in [0.25, 0.3) is 0 Å². The van der Waals surface area contributed by atoms with Gasteiger partial charge in [0.15, 0.2) is 0 Å². The molecule has 166 valence electrons. The van der Waals surface area contributed by atoms with Gasteiger partial charge in [-0.25, -0.2) is 9.59 Å². The number of ether oxygens (including phenoxy) is 2. The number of unbranched alkanes of at least 4 members (excludes halogenated alkanes) is 16. The van der Waals surface area contributed by atoms with Gasteiger partial charge in [-0.05, 0) is 12.8 Å². The highest BCUT2D eigenvalue weighted by atomic mass is 16.6. The Balaban J connectivity index is 3.25. The predicted octanol–water partition coefficient (Wildman–Crippen LogP) is 7.13. The number of esters is 2. The lowest BCUT2D eigenvalue weighted by atomic mass is 10.0. The van der Waals surface area contributed by atoms with E-state index in [4.69, 9.17) is 9.47 Å². The Hall–Kier alpha value is -1.06. The van der Waals surface area contributed by atoms with Crippen molar-refractivity contribution in [2.24, 2.45) is 0 Å². The zero-order valence-corrected chi connectivity index (χ0v) is 18.8. The van der Waals surface area contributed by atoms with Crippen molar-refractivity contribution in [3.63, 3.8) is 0 Å². The number of hydrogen-bond donors (Lipinski definition) is 0. The number of carbonyl (C=O) groups excluding carboxylic acids is 2. The minimum absolute atomic E-state index is 0.312. The fourth-order valence-corrected chi connectivity index (χ4v) is 3.27. The summed E-state index contributed by atoms with van der Waals surface area (Å²) in [7, 11) is 0. The molecular formula is C24H46O4. The van der Waals surface area contributed by atoms with Gasteiger partial charge in [-0.1, -0.05) is 117 Å². The SMILES string of the molecule is CCCCCCCCCCCCCCCCOC(=O)C(=O)OCCCCCC. The highest BCUT2D eigenvalue weighted by Gasteiger charge is 2.16. The third-order valence-electron chi connectivity index (χ3n) is 5.13. The van der Waals surface area contributed by atoms with Crippen LogP contribution in [0.15, 0.2) is 0 Å². The van der Waals surface area contributed by atoms with Gasteiger partial charge in [0.2, 0.25) is 0 Å². The molecule has 0 spiro atoms. The van der Waals surface area contributed by atoms with E-state index in [0.717, 1.165) is 38.5 Å². The molecule has 0 rings (SSSR count). The molecule has 0 aromatic rings. The monoisotopic (exact) mass is 398 g/mol. The lowest BCUT2D eigenvalue weighted by molar-refractivity contribution is -0.167. The average molecular weight is 399 g/mol. The van der Waals surface area contributed by atoms with Crippen molar-refractivity contribution >= 4 is 11.9 Å². The van der Waals surface area contributed by atoms with E-state index >= 15 is 0 Å². The van der Waals surface area contributed by atoms with E-state index < -0.39 is 11.9 Å². The first kappa shape index (κ1) is 26.9. The zero-order chi connectivity index (χ0) is 20.7. The van der Waals surface area contributed by atoms with Crippen molar-refractivity contribution < 1.29 is 19.1 Å². The Morgan fingerprint density at radius 2 is 0.679 bits per heavy atom. The minimum atomic E-state index is -0.845. The molecular weight excluding hydrogens is 352 g/mol. The molecule has 0 saturated heterocycles. The molecule has 4 heteroatoms. The molecule has 0 aromatic heterocycles. The van der Waals surface area contributed by atoms with Crippen LogP contribution >= 0.6 is 0 Å². The number of carbonyl (C=O) groups is 2. The normalized spacial score (nSPS) is 10.8. The summed E-state index contributed by atoms with van der Waals surface area (Å²) in [5.74, 6) is -1.69. The summed E-state index contributed by atoms with van der Waals surface area (Å²) in [6, 6.07) is 0. The van der Waals surface area contributed by atoms with Crippen molar-refractivity contribution in [3.05, 3.63) is 0 Å². The Morgan fingerprint density at radius 1 is 0.429 bits per heavy atom. The third-order valence-corrected chi connectivity index (χ3v) is 5.13. The summed E-state index contributed by atoms with van der Waals surface area (Å²) in [6.45, 7) is 5.02. The van der Waals surface area contributed by atoms with Gasteiger partial charge in [0.1, 0.15) is 0 Å². The van der Waals surface area contributed by atoms with Crippen LogP contribution in [0.5, 0.6) is 0 Å². The molecule has 0 aliphatic rings. The van der Waals surface area contributed by atoms with Crippen LogP contribution in [0.25, 0.3) is 0 Å². The lowest BCUT2D eigenvalue weighted by Crippen LogP contribution is -2.21. The predicted molar refractivity (Wildman–Crippen MR) is 116 cm³/mol. The summed E-state index contributed by atoms with van der Waals surface area (Å²) < 4.78 is 9.89. The Bertz CT molecular complexity index is 355. The summed E-state index contributed by atoms with van der Waals surface area (Å²) in [6.07, 6.45) is 22.2. The van der Waals surface area contributed by atoms with Crippen LogP contribution < -0.4 is 0 Å². The standard InChI is InChI=1S/C24H46O4/c1-3-5-7-9-10-11-12-13-14-15-16-17-18-20-22-28-24(26)23(25)27-21-19-8-6-4-2/h3-22H2,1-2H3. The maximum atomic E-state index is 11.5. The van der Waals surface area contributed by atoms with E-state index in [9.17, 15) is 9.59 Å². The molecule has 0 aliphatic carbocycles. The Morgan fingerprint density at radius 3 is 1.00 bits per heavy atom. The molecule has 28 heavy (non-hydrogen) atoms. The molecule has 0 unspecified atom stereocenters. The van der Waals surface area contributed by atoms with Crippen LogP contribution in [0.4, 0.5) is 0 Å². The van der Waals surface area contributed by atoms with Crippen molar-refractivity contribution in [1.29, 1.82) is 0 Å². The van der Waals surface area contributed by atoms with Crippen LogP contribution in [0.2, 0.25) is 0 Å². The molecule has 0 aliphatic heterocycles. The first-order valence-corrected chi connectivity index (χ1v) is 12.1. The van der Waals surface area contributed by atoms with E-state index in [2.05, 4.69) is 13.8 Å². The molecule has 0 atom stereocenters. The van der Waals surface area contributed by atoms with Gasteiger partial charge < -0.3 is 9.47 Å². The van der Waals surface area contributed by atoms with Crippen molar-refractivity contribution in [2.75, 3.05) is 13.2 Å². The summed E-state index contributed by atoms with van der Waals surface area (Å²) >= 11 is 0. The summed E-state index contributed by atoms with van der Waals surface area (Å²) in [5, 5.41) is 0. The van der Waals surface area contributed by atoms with Crippen LogP contribution in [-0.4, -0.2) is 25.2 Å². The fraction of sp³-hybridized carbons (Fsp3) is 0.917. The summed E-state index contributed by atoms with van der Waals surface area (Å²) in [4.78, 5) is 23.0. The fourth-order valence-electron chi connectivity index (χ4n) is 3.27. The Kier molecular flexibility index (Phi) is 21.4. The van der Waals surface area contributed by atoms with Crippen molar-refractivity contribution in [3.8, 4) is 0 Å². The molecule has 0 heterocycles. The largest absolute Gasteiger partial charge is 0.457 e. The first-order chi connectivity index (χ1) is 13.7. The highest BCUT2D eigenvalue weighted by Crippen LogP contribution is 2.13. The second-order valence-electron chi connectivity index (χ2n) is 7.93. The second kappa shape index (κ2) is 22.2. The molecule has 0 saturated carbocycles. The maximum absolute atomic E-state index is 11.5. The molecule has 0 bridgehead atoms. The molecule has 4 nitrogen and oxygen atoms in total. The third kappa shape index (κ3) is 19.7. The van der Waals surface area contributed by atoms with Gasteiger partial charge in [0.05, 0.1) is 13.2 Å². The van der Waals surface area contributed by atoms with Gasteiger partial charge in [0, 0.05) is 0 Å². The van der Waals surface area contributed by atoms with Crippen molar-refractivity contribution in [1.82, 2.24) is 0 Å². The molecule has 0 aromatic carbocycles. The zero-order valence-electron chi connectivity index (χ0n) is 18.8. The van der Waals surface area contributed by atoms with Crippen molar-refractivity contribution in [2.45, 2.75) is 129 Å². The van der Waals surface area contributed by atoms with E-state index in [0.29, 0.717) is 13.2 Å². The first-order valence-electron chi connectivity index (χ1n) is 12.1. The van der Waals surface area contributed by atoms with E-state index in [1.165, 1.54) is 77.0 Å². The molecule has 0 radical (unpaired) electrons. The minimum Gasteiger partial charge on any atom is -0.457 e. The van der Waals surface area contributed by atoms with Crippen LogP contribution in [0.1, 0.15) is 129 Å². The summed E-state index contributed by atoms with van der Waals surface area (Å²) in [5.41, 5.74) is 0. The molecule has 0 fully saturated rings. The number of hydrogen-bond acceptors (Lipinski definition) is 4. The van der Waals surface area contributed by atoms with Gasteiger partial charge in [-0.3, -0.25) is 0 Å². The van der Waals surface area contributed by atoms with E-state index in [1.54, 1.807) is 0 Å². The number of rotatable bonds is 20. The molecule has 0 amide bonds. The second-order valence-corrected chi connectivity index (χ2v) is 7.93. The quantitative estimate of drug-likeness (QED) is 0.124. The van der Waals surface area contributed by atoms with Gasteiger partial charge in [-0.15, -0.1) is 0 Å². The van der Waals surface area contributed by atoms with E-state index in [-0.39, 0.29) is 0 Å². The van der Waals surface area contributed by atoms with Gasteiger partial charge in [-0.2, -0.15) is 0 Å². The maximum Gasteiger partial charge on any atom is 0.417 e. The molecule has 0 N–H and O–H groups in total. The smallest absolute Gasteiger partial charge is 0.417 e. The van der Waals surface area contributed by atoms with Gasteiger partial charge >= 0.3 is 11.9 Å². The lowest BCUT2D eigenvalue weighted by Gasteiger charge is -2.06. The topological polar surface area (TPSA) is 52.6 Å². The van der Waals surface area contributed by atoms with E-state index in [1.807, 2.05) is 0 Å². The van der Waals surface area contributed by atoms with Crippen LogP contribution in [-0.2, 0) is 19.1 Å². The average Bonchev–Trinajstić information content (AvgIpc) is 2.70. The van der Waals surface area contributed by atoms with Crippen LogP contribution in [0, 0.1) is 0 Å². The highest BCUT2D eigenvalue weighted by molar-refractivity contribution is 6.29.